The summed E-state index contributed by atoms with van der Waals surface area (Å²) in [5, 5.41) is 5.54. The van der Waals surface area contributed by atoms with Gasteiger partial charge in [0.25, 0.3) is 0 Å². The summed E-state index contributed by atoms with van der Waals surface area (Å²) in [6.45, 7) is -5.91. The molecule has 0 bridgehead atoms. The maximum Gasteiger partial charge on any atom is 0.387 e. The molecule has 3 aromatic carbocycles. The largest absolute Gasteiger partial charge is 0.435 e. The first kappa shape index (κ1) is 24.2. The van der Waals surface area contributed by atoms with E-state index < -0.39 is 13.2 Å². The van der Waals surface area contributed by atoms with Gasteiger partial charge in [-0.15, -0.1) is 0 Å². The van der Waals surface area contributed by atoms with Crippen LogP contribution in [0.15, 0.2) is 66.7 Å². The predicted molar refractivity (Wildman–Crippen MR) is 123 cm³/mol. The van der Waals surface area contributed by atoms with Crippen LogP contribution in [0, 0.1) is 0 Å². The number of nitrogens with zero attached hydrogens (tertiary/aromatic N) is 2. The van der Waals surface area contributed by atoms with E-state index in [4.69, 9.17) is 34.8 Å². The van der Waals surface area contributed by atoms with E-state index in [0.29, 0.717) is 38.2 Å². The van der Waals surface area contributed by atoms with Gasteiger partial charge in [0.2, 0.25) is 0 Å². The number of rotatable bonds is 7. The first-order valence-electron chi connectivity index (χ1n) is 9.57. The van der Waals surface area contributed by atoms with Gasteiger partial charge < -0.3 is 9.47 Å². The van der Waals surface area contributed by atoms with Crippen LogP contribution in [-0.4, -0.2) is 23.0 Å². The minimum atomic E-state index is -2.96. The van der Waals surface area contributed by atoms with Gasteiger partial charge >= 0.3 is 13.2 Å². The molecule has 0 N–H and O–H groups in total. The van der Waals surface area contributed by atoms with Gasteiger partial charge in [-0.2, -0.15) is 22.7 Å². The van der Waals surface area contributed by atoms with Gasteiger partial charge in [-0.05, 0) is 66.7 Å². The summed E-state index contributed by atoms with van der Waals surface area (Å²) in [5.41, 5.74) is 2.32. The highest BCUT2D eigenvalue weighted by Gasteiger charge is 2.21. The molecule has 0 atom stereocenters. The summed E-state index contributed by atoms with van der Waals surface area (Å²) in [6.07, 6.45) is 0. The minimum Gasteiger partial charge on any atom is -0.435 e. The van der Waals surface area contributed by atoms with Crippen molar-refractivity contribution < 1.29 is 27.0 Å². The molecule has 0 fully saturated rings. The maximum absolute atomic E-state index is 12.5. The first-order chi connectivity index (χ1) is 16.2. The van der Waals surface area contributed by atoms with Crippen molar-refractivity contribution in [3.8, 4) is 39.7 Å². The lowest BCUT2D eigenvalue weighted by atomic mass is 10.1. The maximum atomic E-state index is 12.5. The van der Waals surface area contributed by atoms with Crippen molar-refractivity contribution in [2.45, 2.75) is 13.2 Å². The van der Waals surface area contributed by atoms with Crippen molar-refractivity contribution in [1.29, 1.82) is 0 Å². The summed E-state index contributed by atoms with van der Waals surface area (Å²) >= 11 is 19.1. The van der Waals surface area contributed by atoms with E-state index in [2.05, 4.69) is 14.6 Å². The van der Waals surface area contributed by atoms with E-state index in [-0.39, 0.29) is 16.5 Å². The molecule has 0 spiro atoms. The summed E-state index contributed by atoms with van der Waals surface area (Å²) < 4.78 is 60.3. The normalized spacial score (nSPS) is 11.3. The van der Waals surface area contributed by atoms with Crippen LogP contribution in [-0.2, 0) is 0 Å². The van der Waals surface area contributed by atoms with Crippen LogP contribution in [0.25, 0.3) is 28.2 Å². The SMILES string of the molecule is FC(F)Oc1ccc(-c2nn(-c3cc(Cl)cc(Cl)c3)c(-c3ccc(OC(F)F)cc3)c2Cl)cc1. The Morgan fingerprint density at radius 2 is 1.15 bits per heavy atom. The first-order valence-corrected chi connectivity index (χ1v) is 10.7. The highest BCUT2D eigenvalue weighted by Crippen LogP contribution is 2.39. The lowest BCUT2D eigenvalue weighted by Crippen LogP contribution is -2.02. The quantitative estimate of drug-likeness (QED) is 0.225. The molecule has 34 heavy (non-hydrogen) atoms. The van der Waals surface area contributed by atoms with Crippen LogP contribution in [0.3, 0.4) is 0 Å². The van der Waals surface area contributed by atoms with E-state index in [1.165, 1.54) is 41.1 Å². The molecule has 0 radical (unpaired) electrons. The van der Waals surface area contributed by atoms with Gasteiger partial charge in [0.05, 0.1) is 16.4 Å². The zero-order chi connectivity index (χ0) is 24.4. The summed E-state index contributed by atoms with van der Waals surface area (Å²) in [7, 11) is 0. The number of hydrogen-bond donors (Lipinski definition) is 0. The van der Waals surface area contributed by atoms with Crippen molar-refractivity contribution in [2.24, 2.45) is 0 Å². The molecule has 4 aromatic rings. The second kappa shape index (κ2) is 10.1. The molecule has 0 saturated heterocycles. The molecule has 0 saturated carbocycles. The Labute approximate surface area is 206 Å². The molecular weight excluding hydrogens is 519 g/mol. The van der Waals surface area contributed by atoms with Gasteiger partial charge in [0, 0.05) is 21.2 Å². The topological polar surface area (TPSA) is 36.3 Å². The molecule has 4 nitrogen and oxygen atoms in total. The van der Waals surface area contributed by atoms with Crippen LogP contribution >= 0.6 is 34.8 Å². The minimum absolute atomic E-state index is 0.0224. The average Bonchev–Trinajstić information content (AvgIpc) is 3.10. The van der Waals surface area contributed by atoms with Gasteiger partial charge in [-0.3, -0.25) is 0 Å². The monoisotopic (exact) mass is 530 g/mol. The van der Waals surface area contributed by atoms with E-state index in [9.17, 15) is 17.6 Å². The Hall–Kier alpha value is -2.94. The van der Waals surface area contributed by atoms with E-state index in [1.807, 2.05) is 0 Å². The van der Waals surface area contributed by atoms with Gasteiger partial charge in [-0.1, -0.05) is 34.8 Å². The van der Waals surface area contributed by atoms with Crippen LogP contribution in [0.4, 0.5) is 17.6 Å². The molecule has 0 unspecified atom stereocenters. The number of alkyl halides is 4. The number of benzene rings is 3. The fourth-order valence-corrected chi connectivity index (χ4v) is 4.12. The molecule has 0 aliphatic heterocycles. The fourth-order valence-electron chi connectivity index (χ4n) is 3.27. The molecule has 0 amide bonds. The third-order valence-corrected chi connectivity index (χ3v) is 5.42. The van der Waals surface area contributed by atoms with Crippen LogP contribution in [0.2, 0.25) is 15.1 Å². The highest BCUT2D eigenvalue weighted by atomic mass is 35.5. The molecule has 0 aliphatic carbocycles. The van der Waals surface area contributed by atoms with E-state index in [1.54, 1.807) is 30.3 Å². The predicted octanol–water partition coefficient (Wildman–Crippen LogP) is 8.37. The highest BCUT2D eigenvalue weighted by molar-refractivity contribution is 6.36. The van der Waals surface area contributed by atoms with Gasteiger partial charge in [0.1, 0.15) is 17.2 Å². The van der Waals surface area contributed by atoms with Gasteiger partial charge in [-0.25, -0.2) is 4.68 Å². The van der Waals surface area contributed by atoms with Gasteiger partial charge in [0.15, 0.2) is 0 Å². The molecule has 1 heterocycles. The van der Waals surface area contributed by atoms with Crippen LogP contribution in [0.1, 0.15) is 0 Å². The number of ether oxygens (including phenoxy) is 2. The van der Waals surface area contributed by atoms with Crippen molar-refractivity contribution in [3.63, 3.8) is 0 Å². The Kier molecular flexibility index (Phi) is 7.21. The summed E-state index contributed by atoms with van der Waals surface area (Å²) in [5.74, 6) is -0.0487. The summed E-state index contributed by atoms with van der Waals surface area (Å²) in [4.78, 5) is 0. The number of hydrogen-bond acceptors (Lipinski definition) is 3. The Bertz CT molecular complexity index is 1280. The van der Waals surface area contributed by atoms with Crippen molar-refractivity contribution in [1.82, 2.24) is 9.78 Å². The Morgan fingerprint density at radius 3 is 1.62 bits per heavy atom. The molecule has 0 aliphatic rings. The summed E-state index contributed by atoms with van der Waals surface area (Å²) in [6, 6.07) is 16.4. The molecule has 176 valence electrons. The lowest BCUT2D eigenvalue weighted by Gasteiger charge is -2.10. The Balaban J connectivity index is 1.84. The van der Waals surface area contributed by atoms with Crippen LogP contribution < -0.4 is 9.47 Å². The van der Waals surface area contributed by atoms with Crippen molar-refractivity contribution in [3.05, 3.63) is 81.8 Å². The number of aromatic nitrogens is 2. The van der Waals surface area contributed by atoms with E-state index >= 15 is 0 Å². The van der Waals surface area contributed by atoms with Crippen LogP contribution in [0.5, 0.6) is 11.5 Å². The van der Waals surface area contributed by atoms with Crippen molar-refractivity contribution in [2.75, 3.05) is 0 Å². The molecule has 1 aromatic heterocycles. The Morgan fingerprint density at radius 1 is 0.676 bits per heavy atom. The third kappa shape index (κ3) is 5.41. The molecular formula is C23H13Cl3F4N2O2. The average molecular weight is 532 g/mol. The second-order valence-corrected chi connectivity index (χ2v) is 8.11. The molecule has 4 rings (SSSR count). The zero-order valence-corrected chi connectivity index (χ0v) is 19.1. The lowest BCUT2D eigenvalue weighted by molar-refractivity contribution is -0.0505. The standard InChI is InChI=1S/C23H13Cl3F4N2O2/c24-14-9-15(25)11-16(10-14)32-21(13-3-7-18(8-4-13)34-23(29)30)19(26)20(31-32)12-1-5-17(6-2-12)33-22(27)28/h1-11,22-23H. The van der Waals surface area contributed by atoms with E-state index in [0.717, 1.165) is 0 Å². The molecule has 11 heteroatoms. The second-order valence-electron chi connectivity index (χ2n) is 6.86. The smallest absolute Gasteiger partial charge is 0.387 e. The fraction of sp³-hybridized carbons (Fsp3) is 0.0870. The zero-order valence-electron chi connectivity index (χ0n) is 16.9. The van der Waals surface area contributed by atoms with Crippen molar-refractivity contribution >= 4 is 34.8 Å². The third-order valence-electron chi connectivity index (χ3n) is 4.63. The number of halogens is 7.